The molecule has 0 amide bonds. The Labute approximate surface area is 128 Å². The molecule has 0 saturated heterocycles. The van der Waals surface area contributed by atoms with Crippen LogP contribution in [-0.2, 0) is 0 Å². The lowest BCUT2D eigenvalue weighted by molar-refractivity contribution is -0.0964. The molecule has 0 radical (unpaired) electrons. The maximum Gasteiger partial charge on any atom is 0.412 e. The molecule has 0 saturated carbocycles. The second kappa shape index (κ2) is 6.17. The van der Waals surface area contributed by atoms with Crippen LogP contribution >= 0.6 is 27.3 Å². The minimum Gasteiger partial charge on any atom is -0.326 e. The fourth-order valence-corrected chi connectivity index (χ4v) is 4.13. The quantitative estimate of drug-likeness (QED) is 0.814. The summed E-state index contributed by atoms with van der Waals surface area (Å²) in [6.07, 6.45) is -2.90. The minimum absolute atomic E-state index is 0.0270. The van der Waals surface area contributed by atoms with E-state index in [1.165, 1.54) is 6.08 Å². The summed E-state index contributed by atoms with van der Waals surface area (Å²) in [7, 11) is 0. The van der Waals surface area contributed by atoms with Crippen molar-refractivity contribution < 1.29 is 13.2 Å². The Bertz CT molecular complexity index is 496. The topological polar surface area (TPSA) is 29.3 Å². The fraction of sp³-hybridized carbons (Fsp3) is 0.538. The SMILES string of the molecule is CC(N)C(c1ccc(Br)s1)N1CC=C(C(F)(F)F)CC1. The molecule has 0 bridgehead atoms. The molecule has 7 heteroatoms. The molecule has 1 aromatic rings. The van der Waals surface area contributed by atoms with Gasteiger partial charge in [-0.15, -0.1) is 11.3 Å². The van der Waals surface area contributed by atoms with Crippen molar-refractivity contribution >= 4 is 27.3 Å². The van der Waals surface area contributed by atoms with Gasteiger partial charge in [0, 0.05) is 29.6 Å². The molecule has 1 aliphatic heterocycles. The Balaban J connectivity index is 2.16. The lowest BCUT2D eigenvalue weighted by atomic mass is 10.0. The van der Waals surface area contributed by atoms with E-state index in [0.717, 1.165) is 8.66 Å². The highest BCUT2D eigenvalue weighted by molar-refractivity contribution is 9.11. The zero-order valence-corrected chi connectivity index (χ0v) is 13.4. The number of hydrogen-bond acceptors (Lipinski definition) is 3. The molecule has 1 aliphatic rings. The summed E-state index contributed by atoms with van der Waals surface area (Å²) in [6, 6.07) is 3.74. The lowest BCUT2D eigenvalue weighted by Crippen LogP contribution is -2.42. The third-order valence-electron chi connectivity index (χ3n) is 3.38. The summed E-state index contributed by atoms with van der Waals surface area (Å²) >= 11 is 4.98. The Kier molecular flexibility index (Phi) is 4.94. The highest BCUT2D eigenvalue weighted by Gasteiger charge is 2.36. The monoisotopic (exact) mass is 368 g/mol. The summed E-state index contributed by atoms with van der Waals surface area (Å²) in [5.74, 6) is 0. The van der Waals surface area contributed by atoms with E-state index in [4.69, 9.17) is 5.73 Å². The summed E-state index contributed by atoms with van der Waals surface area (Å²) in [5, 5.41) is 0. The maximum absolute atomic E-state index is 12.6. The van der Waals surface area contributed by atoms with Crippen molar-refractivity contribution in [3.8, 4) is 0 Å². The van der Waals surface area contributed by atoms with Gasteiger partial charge in [-0.05, 0) is 41.4 Å². The lowest BCUT2D eigenvalue weighted by Gasteiger charge is -2.36. The van der Waals surface area contributed by atoms with Crippen LogP contribution in [-0.4, -0.2) is 30.2 Å². The van der Waals surface area contributed by atoms with Crippen molar-refractivity contribution in [1.29, 1.82) is 0 Å². The van der Waals surface area contributed by atoms with E-state index in [0.29, 0.717) is 6.54 Å². The Hall–Kier alpha value is -0.370. The van der Waals surface area contributed by atoms with Crippen LogP contribution in [0.3, 0.4) is 0 Å². The second-order valence-corrected chi connectivity index (χ2v) is 7.41. The molecule has 1 aromatic heterocycles. The normalized spacial score (nSPS) is 20.6. The summed E-state index contributed by atoms with van der Waals surface area (Å²) < 4.78 is 38.9. The van der Waals surface area contributed by atoms with Gasteiger partial charge >= 0.3 is 6.18 Å². The Morgan fingerprint density at radius 3 is 2.50 bits per heavy atom. The molecule has 2 rings (SSSR count). The van der Waals surface area contributed by atoms with E-state index in [-0.39, 0.29) is 25.0 Å². The Morgan fingerprint density at radius 2 is 2.10 bits per heavy atom. The van der Waals surface area contributed by atoms with Gasteiger partial charge in [0.15, 0.2) is 0 Å². The summed E-state index contributed by atoms with van der Waals surface area (Å²) in [4.78, 5) is 3.09. The van der Waals surface area contributed by atoms with E-state index < -0.39 is 11.7 Å². The first-order chi connectivity index (χ1) is 9.29. The Morgan fingerprint density at radius 1 is 1.40 bits per heavy atom. The summed E-state index contributed by atoms with van der Waals surface area (Å²) in [5.41, 5.74) is 5.61. The van der Waals surface area contributed by atoms with E-state index >= 15 is 0 Å². The molecule has 2 heterocycles. The second-order valence-electron chi connectivity index (χ2n) is 4.92. The largest absolute Gasteiger partial charge is 0.412 e. The molecule has 112 valence electrons. The summed E-state index contributed by atoms with van der Waals surface area (Å²) in [6.45, 7) is 2.56. The van der Waals surface area contributed by atoms with Crippen molar-refractivity contribution in [2.75, 3.05) is 13.1 Å². The molecule has 20 heavy (non-hydrogen) atoms. The first kappa shape index (κ1) is 16.0. The van der Waals surface area contributed by atoms with Gasteiger partial charge in [0.2, 0.25) is 0 Å². The van der Waals surface area contributed by atoms with Crippen molar-refractivity contribution in [3.63, 3.8) is 0 Å². The molecular formula is C13H16BrF3N2S. The van der Waals surface area contributed by atoms with E-state index in [1.807, 2.05) is 24.0 Å². The average Bonchev–Trinajstić information content (AvgIpc) is 2.75. The van der Waals surface area contributed by atoms with E-state index in [2.05, 4.69) is 15.9 Å². The van der Waals surface area contributed by atoms with Gasteiger partial charge in [-0.3, -0.25) is 4.90 Å². The van der Waals surface area contributed by atoms with Crippen LogP contribution in [0.4, 0.5) is 13.2 Å². The molecule has 0 spiro atoms. The number of thiophene rings is 1. The van der Waals surface area contributed by atoms with Crippen molar-refractivity contribution in [1.82, 2.24) is 4.90 Å². The molecule has 2 unspecified atom stereocenters. The van der Waals surface area contributed by atoms with E-state index in [1.54, 1.807) is 11.3 Å². The van der Waals surface area contributed by atoms with Gasteiger partial charge in [0.05, 0.1) is 9.83 Å². The van der Waals surface area contributed by atoms with E-state index in [9.17, 15) is 13.2 Å². The van der Waals surface area contributed by atoms with Gasteiger partial charge in [0.25, 0.3) is 0 Å². The minimum atomic E-state index is -4.21. The van der Waals surface area contributed by atoms with Crippen molar-refractivity contribution in [2.24, 2.45) is 5.73 Å². The van der Waals surface area contributed by atoms with Crippen LogP contribution in [0, 0.1) is 0 Å². The van der Waals surface area contributed by atoms with Gasteiger partial charge in [0.1, 0.15) is 0 Å². The number of rotatable bonds is 3. The highest BCUT2D eigenvalue weighted by atomic mass is 79.9. The molecule has 0 aromatic carbocycles. The zero-order chi connectivity index (χ0) is 14.9. The highest BCUT2D eigenvalue weighted by Crippen LogP contribution is 2.36. The smallest absolute Gasteiger partial charge is 0.326 e. The van der Waals surface area contributed by atoms with Gasteiger partial charge in [-0.1, -0.05) is 6.08 Å². The predicted molar refractivity (Wildman–Crippen MR) is 78.7 cm³/mol. The van der Waals surface area contributed by atoms with Crippen LogP contribution < -0.4 is 5.73 Å². The van der Waals surface area contributed by atoms with Crippen molar-refractivity contribution in [3.05, 3.63) is 32.4 Å². The molecule has 2 nitrogen and oxygen atoms in total. The predicted octanol–water partition coefficient (Wildman–Crippen LogP) is 4.09. The molecule has 2 atom stereocenters. The first-order valence-electron chi connectivity index (χ1n) is 6.30. The number of nitrogens with zero attached hydrogens (tertiary/aromatic N) is 1. The van der Waals surface area contributed by atoms with Crippen LogP contribution in [0.15, 0.2) is 27.6 Å². The van der Waals surface area contributed by atoms with Crippen LogP contribution in [0.2, 0.25) is 0 Å². The molecule has 0 fully saturated rings. The number of nitrogens with two attached hydrogens (primary N) is 1. The third-order valence-corrected chi connectivity index (χ3v) is 5.08. The van der Waals surface area contributed by atoms with Gasteiger partial charge in [-0.2, -0.15) is 13.2 Å². The number of halogens is 4. The average molecular weight is 369 g/mol. The number of hydrogen-bond donors (Lipinski definition) is 1. The fourth-order valence-electron chi connectivity index (χ4n) is 2.45. The molecule has 2 N–H and O–H groups in total. The zero-order valence-electron chi connectivity index (χ0n) is 11.0. The maximum atomic E-state index is 12.6. The van der Waals surface area contributed by atoms with Gasteiger partial charge in [-0.25, -0.2) is 0 Å². The standard InChI is InChI=1S/C13H16BrF3N2S/c1-8(18)12(10-2-3-11(14)20-10)19-6-4-9(5-7-19)13(15,16)17/h2-4,8,12H,5-7,18H2,1H3. The van der Waals surface area contributed by atoms with Crippen LogP contribution in [0.1, 0.15) is 24.3 Å². The molecular weight excluding hydrogens is 353 g/mol. The van der Waals surface area contributed by atoms with Crippen LogP contribution in [0.25, 0.3) is 0 Å². The third kappa shape index (κ3) is 3.63. The molecule has 0 aliphatic carbocycles. The van der Waals surface area contributed by atoms with Crippen molar-refractivity contribution in [2.45, 2.75) is 31.6 Å². The van der Waals surface area contributed by atoms with Crippen LogP contribution in [0.5, 0.6) is 0 Å². The van der Waals surface area contributed by atoms with Gasteiger partial charge < -0.3 is 5.73 Å². The number of alkyl halides is 3. The first-order valence-corrected chi connectivity index (χ1v) is 7.91.